The quantitative estimate of drug-likeness (QED) is 0.0109. The number of carbonyl (C=O) groups is 14. The van der Waals surface area contributed by atoms with Gasteiger partial charge in [0.1, 0.15) is 0 Å². The highest BCUT2D eigenvalue weighted by atomic mass is 16.6. The zero-order valence-corrected chi connectivity index (χ0v) is 56.6. The number of cyclic esters (lactones) is 2. The van der Waals surface area contributed by atoms with Crippen LogP contribution in [-0.2, 0) is 81.3 Å². The van der Waals surface area contributed by atoms with E-state index in [1.807, 2.05) is 0 Å². The van der Waals surface area contributed by atoms with Crippen molar-refractivity contribution in [3.05, 3.63) is 138 Å². The van der Waals surface area contributed by atoms with Crippen LogP contribution in [0.25, 0.3) is 0 Å². The number of allylic oxidation sites excluding steroid dienone is 1. The van der Waals surface area contributed by atoms with Crippen LogP contribution >= 0.6 is 0 Å². The molecule has 0 aromatic carbocycles. The van der Waals surface area contributed by atoms with E-state index in [2.05, 4.69) is 80.0 Å². The number of aliphatic hydroxyl groups is 16. The molecule has 1 fully saturated rings. The monoisotopic (exact) mass is 1510 g/mol. The maximum Gasteiger partial charge on any atom is 0.337 e. The fourth-order valence-corrected chi connectivity index (χ4v) is 4.56. The molecule has 41 nitrogen and oxygen atoms in total. The van der Waals surface area contributed by atoms with Crippen molar-refractivity contribution in [1.29, 1.82) is 0 Å². The number of hydrogen-bond acceptors (Lipinski definition) is 33. The maximum absolute atomic E-state index is 12.5. The Morgan fingerprint density at radius 3 is 0.683 bits per heavy atom. The Bertz CT molecular complexity index is 2310. The molecule has 0 bridgehead atoms. The van der Waals surface area contributed by atoms with Crippen LogP contribution in [0.1, 0.15) is 19.8 Å². The van der Waals surface area contributed by atoms with Crippen LogP contribution in [0.4, 0.5) is 0 Å². The van der Waals surface area contributed by atoms with Gasteiger partial charge in [-0.2, -0.15) is 0 Å². The van der Waals surface area contributed by atoms with Crippen molar-refractivity contribution in [2.45, 2.75) is 19.8 Å². The molecule has 104 heavy (non-hydrogen) atoms. The van der Waals surface area contributed by atoms with Crippen molar-refractivity contribution >= 4 is 83.6 Å². The molecule has 41 heteroatoms. The van der Waals surface area contributed by atoms with Gasteiger partial charge in [-0.15, -0.1) is 0 Å². The van der Waals surface area contributed by atoms with Crippen LogP contribution in [0.15, 0.2) is 138 Å². The van der Waals surface area contributed by atoms with Gasteiger partial charge in [-0.1, -0.05) is 77.4 Å². The van der Waals surface area contributed by atoms with E-state index in [-0.39, 0.29) is 12.8 Å². The van der Waals surface area contributed by atoms with Gasteiger partial charge in [0, 0.05) is 60.8 Å². The standard InChI is InChI=1S/C19H18O9.4C5H12O4.8C3H4O2/c1-4-13(20)26-18(24)12-7-10(11-8-15(22)28-17(11)23)6-9(3)16(12)19(25)27-14(21)5-2;4*6-1-5(2-7,3-8)4-9;8*1-2-3(4)5/h4-6,10-12,16H,1-2,7-8H2,3H3;4*6-9H,1-4H2;8*2H,1H2,(H,4,5). The van der Waals surface area contributed by atoms with Gasteiger partial charge in [0.15, 0.2) is 0 Å². The zero-order chi connectivity index (χ0) is 84.6. The number of carboxylic acids is 8. The Morgan fingerprint density at radius 2 is 0.548 bits per heavy atom. The predicted octanol–water partition coefficient (Wildman–Crippen LogP) is -5.39. The Kier molecular flexibility index (Phi) is 83.6. The van der Waals surface area contributed by atoms with E-state index in [0.29, 0.717) is 5.57 Å². The molecule has 2 rings (SSSR count). The minimum atomic E-state index is -1.22. The van der Waals surface area contributed by atoms with Crippen LogP contribution in [-0.4, -0.2) is 312 Å². The molecule has 0 radical (unpaired) electrons. The molecule has 1 aliphatic heterocycles. The van der Waals surface area contributed by atoms with Gasteiger partial charge in [0.25, 0.3) is 0 Å². The normalized spacial score (nSPS) is 13.8. The summed E-state index contributed by atoms with van der Waals surface area (Å²) < 4.78 is 13.8. The Balaban J connectivity index is -0.000000108. The number of rotatable bonds is 29. The first-order valence-electron chi connectivity index (χ1n) is 28.1. The first kappa shape index (κ1) is 118. The lowest BCUT2D eigenvalue weighted by atomic mass is 9.70. The van der Waals surface area contributed by atoms with E-state index in [4.69, 9.17) is 123 Å². The average Bonchev–Trinajstić information content (AvgIpc) is 1.32. The van der Waals surface area contributed by atoms with E-state index < -0.39 is 235 Å². The number of ether oxygens (including phenoxy) is 3. The number of carbonyl (C=O) groups excluding carboxylic acids is 6. The van der Waals surface area contributed by atoms with Gasteiger partial charge in [-0.3, -0.25) is 19.2 Å². The minimum absolute atomic E-state index is 0.0876. The van der Waals surface area contributed by atoms with Gasteiger partial charge < -0.3 is 137 Å². The second-order valence-electron chi connectivity index (χ2n) is 19.3. The molecule has 4 unspecified atom stereocenters. The maximum atomic E-state index is 12.5. The Hall–Kier alpha value is -10.3. The first-order valence-corrected chi connectivity index (χ1v) is 28.1. The molecule has 0 aromatic rings. The molecular weight excluding hydrogens is 1410 g/mol. The summed E-state index contributed by atoms with van der Waals surface area (Å²) in [4.78, 5) is 145. The summed E-state index contributed by atoms with van der Waals surface area (Å²) in [7, 11) is 0. The summed E-state index contributed by atoms with van der Waals surface area (Å²) in [6.07, 6.45) is 9.55. The highest BCUT2D eigenvalue weighted by molar-refractivity contribution is 5.98. The van der Waals surface area contributed by atoms with Crippen molar-refractivity contribution in [2.24, 2.45) is 45.3 Å². The van der Waals surface area contributed by atoms with E-state index in [9.17, 15) is 67.1 Å². The van der Waals surface area contributed by atoms with Crippen molar-refractivity contribution in [1.82, 2.24) is 0 Å². The minimum Gasteiger partial charge on any atom is -0.478 e. The topological polar surface area (TPSA) is 752 Å². The molecule has 0 amide bonds. The van der Waals surface area contributed by atoms with E-state index in [1.54, 1.807) is 6.08 Å². The molecule has 0 aromatic heterocycles. The molecule has 1 saturated heterocycles. The number of carboxylic acid groups (broad SMARTS) is 8. The predicted molar refractivity (Wildman–Crippen MR) is 356 cm³/mol. The lowest BCUT2D eigenvalue weighted by Crippen LogP contribution is -2.40. The fourth-order valence-electron chi connectivity index (χ4n) is 4.56. The molecule has 0 spiro atoms. The highest BCUT2D eigenvalue weighted by Crippen LogP contribution is 2.41. The van der Waals surface area contributed by atoms with Crippen LogP contribution < -0.4 is 0 Å². The summed E-state index contributed by atoms with van der Waals surface area (Å²) in [6, 6.07) is 0. The number of aliphatic hydroxyl groups excluding tert-OH is 16. The van der Waals surface area contributed by atoms with Gasteiger partial charge in [0.2, 0.25) is 0 Å². The Labute approximate surface area is 595 Å². The van der Waals surface area contributed by atoms with Crippen molar-refractivity contribution in [3.8, 4) is 0 Å². The van der Waals surface area contributed by atoms with Crippen LogP contribution in [0.5, 0.6) is 0 Å². The van der Waals surface area contributed by atoms with Gasteiger partial charge in [-0.25, -0.2) is 47.9 Å². The molecule has 24 N–H and O–H groups in total. The molecule has 596 valence electrons. The van der Waals surface area contributed by atoms with Crippen molar-refractivity contribution in [2.75, 3.05) is 106 Å². The first-order chi connectivity index (χ1) is 48.3. The van der Waals surface area contributed by atoms with Gasteiger partial charge in [-0.05, 0) is 19.3 Å². The number of esters is 6. The smallest absolute Gasteiger partial charge is 0.337 e. The summed E-state index contributed by atoms with van der Waals surface area (Å²) in [5, 5.41) is 197. The molecule has 4 atom stereocenters. The van der Waals surface area contributed by atoms with Crippen molar-refractivity contribution < 1.29 is 204 Å². The molecule has 1 heterocycles. The van der Waals surface area contributed by atoms with Crippen molar-refractivity contribution in [3.63, 3.8) is 0 Å². The third kappa shape index (κ3) is 67.5. The summed E-state index contributed by atoms with van der Waals surface area (Å²) in [5.41, 5.74) is -4.11. The summed E-state index contributed by atoms with van der Waals surface area (Å²) in [6.45, 7) is 25.1. The fraction of sp³-hybridized carbons (Fsp3) is 0.429. The molecule has 0 saturated carbocycles. The largest absolute Gasteiger partial charge is 0.478 e. The molecule has 2 aliphatic rings. The van der Waals surface area contributed by atoms with E-state index >= 15 is 0 Å². The highest BCUT2D eigenvalue weighted by Gasteiger charge is 2.48. The average molecular weight is 1510 g/mol. The molecule has 1 aliphatic carbocycles. The number of aliphatic carboxylic acids is 8. The number of hydrogen-bond donors (Lipinski definition) is 24. The lowest BCUT2D eigenvalue weighted by molar-refractivity contribution is -0.169. The third-order valence-electron chi connectivity index (χ3n) is 11.4. The molecular formula is C63H98O41. The van der Waals surface area contributed by atoms with Crippen LogP contribution in [0.2, 0.25) is 0 Å². The van der Waals surface area contributed by atoms with E-state index in [1.165, 1.54) is 6.92 Å². The van der Waals surface area contributed by atoms with Crippen LogP contribution in [0, 0.1) is 45.3 Å². The second-order valence-corrected chi connectivity index (χ2v) is 19.3. The zero-order valence-electron chi connectivity index (χ0n) is 56.6. The summed E-state index contributed by atoms with van der Waals surface area (Å²) >= 11 is 0. The lowest BCUT2D eigenvalue weighted by Gasteiger charge is -2.33. The summed E-state index contributed by atoms with van der Waals surface area (Å²) in [5.74, 6) is -17.2. The van der Waals surface area contributed by atoms with Gasteiger partial charge in [0.05, 0.1) is 152 Å². The second kappa shape index (κ2) is 73.9. The SMILES string of the molecule is C=CC(=O)O.C=CC(=O)O.C=CC(=O)O.C=CC(=O)O.C=CC(=O)O.C=CC(=O)O.C=CC(=O)O.C=CC(=O)O.C=CC(=O)OC(=O)C1CC(C2CC(=O)OC2=O)C=C(C)C1C(=O)OC(=O)C=C.OCC(CO)(CO)CO.OCC(CO)(CO)CO.OCC(CO)(CO)CO.OCC(CO)(CO)CO. The van der Waals surface area contributed by atoms with Crippen LogP contribution in [0.3, 0.4) is 0 Å². The third-order valence-corrected chi connectivity index (χ3v) is 11.4. The van der Waals surface area contributed by atoms with E-state index in [0.717, 1.165) is 60.8 Å². The van der Waals surface area contributed by atoms with Gasteiger partial charge >= 0.3 is 83.6 Å². The Morgan fingerprint density at radius 1 is 0.365 bits per heavy atom.